The van der Waals surface area contributed by atoms with Crippen molar-refractivity contribution in [3.05, 3.63) is 100 Å². The maximum absolute atomic E-state index is 13.4. The molecule has 4 amide bonds. The largest absolute Gasteiger partial charge is 0.489 e. The number of amides is 4. The van der Waals surface area contributed by atoms with Gasteiger partial charge in [-0.3, -0.25) is 14.9 Å². The van der Waals surface area contributed by atoms with Crippen molar-refractivity contribution in [2.75, 3.05) is 4.90 Å². The molecule has 3 aromatic carbocycles. The van der Waals surface area contributed by atoms with E-state index in [0.29, 0.717) is 28.6 Å². The molecule has 208 valence electrons. The third-order valence-corrected chi connectivity index (χ3v) is 9.64. The number of urea groups is 1. The van der Waals surface area contributed by atoms with Crippen molar-refractivity contribution in [3.63, 3.8) is 0 Å². The van der Waals surface area contributed by atoms with Gasteiger partial charge in [0.25, 0.3) is 11.8 Å². The Morgan fingerprint density at radius 2 is 1.44 bits per heavy atom. The number of hydrogen-bond donors (Lipinski definition) is 1. The number of anilines is 1. The Labute approximate surface area is 244 Å². The summed E-state index contributed by atoms with van der Waals surface area (Å²) in [6.45, 7) is 0.386. The van der Waals surface area contributed by atoms with Crippen LogP contribution in [0.4, 0.5) is 10.5 Å². The topological polar surface area (TPSA) is 75.7 Å². The minimum atomic E-state index is -0.731. The number of rotatable bonds is 6. The summed E-state index contributed by atoms with van der Waals surface area (Å²) in [5, 5.41) is 3.00. The van der Waals surface area contributed by atoms with Gasteiger partial charge >= 0.3 is 6.03 Å². The van der Waals surface area contributed by atoms with E-state index in [1.165, 1.54) is 50.2 Å². The number of nitrogens with one attached hydrogen (secondary N) is 1. The smallest absolute Gasteiger partial charge is 0.335 e. The quantitative estimate of drug-likeness (QED) is 0.256. The zero-order valence-electron chi connectivity index (χ0n) is 22.6. The van der Waals surface area contributed by atoms with Crippen LogP contribution in [0.2, 0.25) is 5.02 Å². The molecule has 41 heavy (non-hydrogen) atoms. The van der Waals surface area contributed by atoms with Gasteiger partial charge < -0.3 is 4.74 Å². The number of nitrogens with zero attached hydrogens (tertiary/aromatic N) is 1. The Kier molecular flexibility index (Phi) is 6.46. The van der Waals surface area contributed by atoms with E-state index in [9.17, 15) is 14.4 Å². The van der Waals surface area contributed by atoms with Crippen molar-refractivity contribution in [1.82, 2.24) is 5.32 Å². The molecular weight excluding hydrogens is 536 g/mol. The molecule has 7 heteroatoms. The summed E-state index contributed by atoms with van der Waals surface area (Å²) in [7, 11) is 0. The van der Waals surface area contributed by atoms with Crippen molar-refractivity contribution in [3.8, 4) is 5.75 Å². The second-order valence-corrected chi connectivity index (χ2v) is 12.6. The van der Waals surface area contributed by atoms with Crippen LogP contribution >= 0.6 is 11.6 Å². The normalized spacial score (nSPS) is 27.8. The fraction of sp³-hybridized carbons (Fsp3) is 0.324. The van der Waals surface area contributed by atoms with Gasteiger partial charge in [0, 0.05) is 5.02 Å². The SMILES string of the molecule is O=C1NC(=O)N(c2ccc(C34CC5CC(CC(C5)C3)C4)cc2)C(=O)/C1=C/c1ccc(OCc2ccc(Cl)cc2)cc1. The first-order chi connectivity index (χ1) is 19.8. The zero-order valence-corrected chi connectivity index (χ0v) is 23.4. The molecule has 0 aromatic heterocycles. The fourth-order valence-corrected chi connectivity index (χ4v) is 8.02. The summed E-state index contributed by atoms with van der Waals surface area (Å²) in [6.07, 6.45) is 9.37. The first kappa shape index (κ1) is 26.0. The minimum Gasteiger partial charge on any atom is -0.489 e. The average Bonchev–Trinajstić information content (AvgIpc) is 2.95. The summed E-state index contributed by atoms with van der Waals surface area (Å²) >= 11 is 5.94. The molecule has 3 aromatic rings. The highest BCUT2D eigenvalue weighted by molar-refractivity contribution is 6.39. The molecule has 4 aliphatic carbocycles. The number of carbonyl (C=O) groups is 3. The van der Waals surface area contributed by atoms with Crippen molar-refractivity contribution >= 4 is 41.2 Å². The second kappa shape index (κ2) is 10.2. The summed E-state index contributed by atoms with van der Waals surface area (Å²) in [4.78, 5) is 40.0. The van der Waals surface area contributed by atoms with Gasteiger partial charge in [0.05, 0.1) is 5.69 Å². The van der Waals surface area contributed by atoms with Gasteiger partial charge in [-0.05, 0) is 121 Å². The standard InChI is InChI=1S/C34H31ClN2O4/c35-27-7-1-22(2-8-27)20-41-29-11-3-21(4-12-29)16-30-31(38)36-33(40)37(32(30)39)28-9-5-26(6-10-28)34-17-23-13-24(18-34)15-25(14-23)19-34/h1-12,16,23-25H,13-15,17-20H2,(H,36,38,40)/b30-16+. The fourth-order valence-electron chi connectivity index (χ4n) is 7.89. The molecule has 4 bridgehead atoms. The summed E-state index contributed by atoms with van der Waals surface area (Å²) in [5.41, 5.74) is 3.55. The second-order valence-electron chi connectivity index (χ2n) is 12.2. The first-order valence-corrected chi connectivity index (χ1v) is 14.7. The molecule has 5 fully saturated rings. The third-order valence-electron chi connectivity index (χ3n) is 9.39. The number of hydrogen-bond acceptors (Lipinski definition) is 4. The molecule has 1 saturated heterocycles. The lowest BCUT2D eigenvalue weighted by Gasteiger charge is -2.57. The molecule has 4 saturated carbocycles. The van der Waals surface area contributed by atoms with E-state index in [4.69, 9.17) is 16.3 Å². The molecule has 8 rings (SSSR count). The Morgan fingerprint density at radius 3 is 2.05 bits per heavy atom. The number of benzene rings is 3. The van der Waals surface area contributed by atoms with Crippen LogP contribution in [-0.2, 0) is 21.6 Å². The van der Waals surface area contributed by atoms with Crippen LogP contribution in [0.3, 0.4) is 0 Å². The van der Waals surface area contributed by atoms with Crippen LogP contribution in [-0.4, -0.2) is 17.8 Å². The zero-order chi connectivity index (χ0) is 28.1. The lowest BCUT2D eigenvalue weighted by molar-refractivity contribution is -0.122. The minimum absolute atomic E-state index is 0.0930. The molecule has 1 heterocycles. The molecule has 0 radical (unpaired) electrons. The maximum Gasteiger partial charge on any atom is 0.335 e. The summed E-state index contributed by atoms with van der Waals surface area (Å²) in [5.74, 6) is 1.81. The molecule has 0 spiro atoms. The van der Waals surface area contributed by atoms with E-state index < -0.39 is 17.8 Å². The highest BCUT2D eigenvalue weighted by Gasteiger charge is 2.51. The van der Waals surface area contributed by atoms with Crippen LogP contribution < -0.4 is 15.0 Å². The molecule has 0 unspecified atom stereocenters. The first-order valence-electron chi connectivity index (χ1n) is 14.3. The van der Waals surface area contributed by atoms with Crippen LogP contribution in [0.15, 0.2) is 78.4 Å². The molecule has 5 aliphatic rings. The van der Waals surface area contributed by atoms with Crippen molar-refractivity contribution in [1.29, 1.82) is 0 Å². The van der Waals surface area contributed by atoms with Gasteiger partial charge in [-0.2, -0.15) is 0 Å². The molecule has 1 aliphatic heterocycles. The number of halogens is 1. The van der Waals surface area contributed by atoms with Gasteiger partial charge in [0.2, 0.25) is 0 Å². The summed E-state index contributed by atoms with van der Waals surface area (Å²) < 4.78 is 5.83. The monoisotopic (exact) mass is 566 g/mol. The number of imide groups is 2. The average molecular weight is 567 g/mol. The van der Waals surface area contributed by atoms with E-state index in [1.54, 1.807) is 24.3 Å². The number of barbiturate groups is 1. The lowest BCUT2D eigenvalue weighted by atomic mass is 9.48. The van der Waals surface area contributed by atoms with Gasteiger partial charge in [0.15, 0.2) is 0 Å². The van der Waals surface area contributed by atoms with E-state index in [1.807, 2.05) is 36.4 Å². The Morgan fingerprint density at radius 1 is 0.829 bits per heavy atom. The van der Waals surface area contributed by atoms with Crippen molar-refractivity contribution in [2.24, 2.45) is 17.8 Å². The van der Waals surface area contributed by atoms with E-state index in [-0.39, 0.29) is 11.0 Å². The van der Waals surface area contributed by atoms with Crippen LogP contribution in [0.1, 0.15) is 55.2 Å². The van der Waals surface area contributed by atoms with E-state index in [2.05, 4.69) is 17.4 Å². The Balaban J connectivity index is 1.07. The highest BCUT2D eigenvalue weighted by atomic mass is 35.5. The summed E-state index contributed by atoms with van der Waals surface area (Å²) in [6, 6.07) is 21.7. The van der Waals surface area contributed by atoms with Gasteiger partial charge in [0.1, 0.15) is 17.9 Å². The van der Waals surface area contributed by atoms with Crippen LogP contribution in [0, 0.1) is 17.8 Å². The van der Waals surface area contributed by atoms with Crippen LogP contribution in [0.5, 0.6) is 5.75 Å². The predicted molar refractivity (Wildman–Crippen MR) is 158 cm³/mol. The van der Waals surface area contributed by atoms with Gasteiger partial charge in [-0.1, -0.05) is 48.0 Å². The third kappa shape index (κ3) is 4.95. The maximum atomic E-state index is 13.4. The molecule has 1 N–H and O–H groups in total. The number of ether oxygens (including phenoxy) is 1. The molecule has 6 nitrogen and oxygen atoms in total. The molecular formula is C34H31ClN2O4. The number of carbonyl (C=O) groups excluding carboxylic acids is 3. The van der Waals surface area contributed by atoms with E-state index in [0.717, 1.165) is 28.2 Å². The Bertz CT molecular complexity index is 1510. The van der Waals surface area contributed by atoms with E-state index >= 15 is 0 Å². The highest BCUT2D eigenvalue weighted by Crippen LogP contribution is 2.60. The van der Waals surface area contributed by atoms with Crippen LogP contribution in [0.25, 0.3) is 6.08 Å². The Hall–Kier alpha value is -3.90. The van der Waals surface area contributed by atoms with Crippen molar-refractivity contribution in [2.45, 2.75) is 50.5 Å². The van der Waals surface area contributed by atoms with Gasteiger partial charge in [-0.25, -0.2) is 9.69 Å². The predicted octanol–water partition coefficient (Wildman–Crippen LogP) is 7.05. The molecule has 0 atom stereocenters. The lowest BCUT2D eigenvalue weighted by Crippen LogP contribution is -2.54. The van der Waals surface area contributed by atoms with Crippen molar-refractivity contribution < 1.29 is 19.1 Å². The van der Waals surface area contributed by atoms with Gasteiger partial charge in [-0.15, -0.1) is 0 Å².